The summed E-state index contributed by atoms with van der Waals surface area (Å²) in [5.41, 5.74) is 0. The van der Waals surface area contributed by atoms with Gasteiger partial charge in [-0.05, 0) is 12.8 Å². The van der Waals surface area contributed by atoms with Crippen molar-refractivity contribution in [3.05, 3.63) is 25.3 Å². The predicted molar refractivity (Wildman–Crippen MR) is 80.5 cm³/mol. The molecule has 0 aliphatic rings. The van der Waals surface area contributed by atoms with Gasteiger partial charge in [0.1, 0.15) is 6.10 Å². The summed E-state index contributed by atoms with van der Waals surface area (Å²) in [4.78, 5) is 0. The molecular formula is C17H28O. The minimum Gasteiger partial charge on any atom is -0.358 e. The van der Waals surface area contributed by atoms with Crippen molar-refractivity contribution in [2.45, 2.75) is 71.0 Å². The first-order chi connectivity index (χ1) is 8.78. The van der Waals surface area contributed by atoms with E-state index < -0.39 is 0 Å². The van der Waals surface area contributed by atoms with E-state index in [9.17, 15) is 0 Å². The van der Waals surface area contributed by atoms with Crippen LogP contribution in [0.4, 0.5) is 0 Å². The second-order valence-electron chi connectivity index (χ2n) is 4.47. The van der Waals surface area contributed by atoms with Crippen molar-refractivity contribution < 1.29 is 4.74 Å². The fourth-order valence-corrected chi connectivity index (χ4v) is 1.70. The largest absolute Gasteiger partial charge is 0.358 e. The topological polar surface area (TPSA) is 9.23 Å². The Labute approximate surface area is 113 Å². The summed E-state index contributed by atoms with van der Waals surface area (Å²) < 4.78 is 5.95. The Kier molecular flexibility index (Phi) is 11.8. The lowest BCUT2D eigenvalue weighted by atomic mass is 10.1. The SMILES string of the molecule is C=CCC#CC(CC)O[C@H](C=C)CCCCCC. The molecular weight excluding hydrogens is 220 g/mol. The van der Waals surface area contributed by atoms with E-state index in [-0.39, 0.29) is 12.2 Å². The van der Waals surface area contributed by atoms with E-state index in [0.29, 0.717) is 0 Å². The lowest BCUT2D eigenvalue weighted by Crippen LogP contribution is -2.18. The molecule has 0 amide bonds. The zero-order valence-electron chi connectivity index (χ0n) is 12.1. The molecule has 2 atom stereocenters. The van der Waals surface area contributed by atoms with Gasteiger partial charge < -0.3 is 4.74 Å². The van der Waals surface area contributed by atoms with Crippen molar-refractivity contribution in [2.75, 3.05) is 0 Å². The Morgan fingerprint density at radius 2 is 1.94 bits per heavy atom. The molecule has 0 saturated carbocycles. The third-order valence-electron chi connectivity index (χ3n) is 2.82. The fourth-order valence-electron chi connectivity index (χ4n) is 1.70. The standard InChI is InChI=1S/C17H28O/c1-5-9-11-13-15-17(8-4)18-16(7-3)14-12-10-6-2/h6,8,16-17H,2,4-5,7,9-11,13,15H2,1,3H3/t16?,17-/m1/s1. The summed E-state index contributed by atoms with van der Waals surface area (Å²) in [6, 6.07) is 0. The molecule has 0 fully saturated rings. The molecule has 0 aromatic carbocycles. The molecule has 0 heterocycles. The number of ether oxygens (including phenoxy) is 1. The Morgan fingerprint density at radius 3 is 2.50 bits per heavy atom. The van der Waals surface area contributed by atoms with Crippen LogP contribution in [0.1, 0.15) is 58.8 Å². The van der Waals surface area contributed by atoms with Crippen LogP contribution >= 0.6 is 0 Å². The first-order valence-corrected chi connectivity index (χ1v) is 7.15. The number of hydrogen-bond acceptors (Lipinski definition) is 1. The minimum absolute atomic E-state index is 0.0270. The molecule has 1 nitrogen and oxygen atoms in total. The molecule has 1 unspecified atom stereocenters. The molecule has 0 saturated heterocycles. The second kappa shape index (κ2) is 12.5. The van der Waals surface area contributed by atoms with Gasteiger partial charge in [-0.1, -0.05) is 63.5 Å². The van der Waals surface area contributed by atoms with E-state index in [1.807, 2.05) is 12.2 Å². The van der Waals surface area contributed by atoms with Gasteiger partial charge in [0.2, 0.25) is 0 Å². The van der Waals surface area contributed by atoms with Crippen LogP contribution in [-0.4, -0.2) is 12.2 Å². The van der Waals surface area contributed by atoms with Gasteiger partial charge in [-0.15, -0.1) is 13.2 Å². The average molecular weight is 248 g/mol. The number of allylic oxidation sites excluding steroid dienone is 1. The van der Waals surface area contributed by atoms with Crippen LogP contribution < -0.4 is 0 Å². The number of hydrogen-bond donors (Lipinski definition) is 0. The molecule has 0 spiro atoms. The van der Waals surface area contributed by atoms with Crippen molar-refractivity contribution in [1.29, 1.82) is 0 Å². The van der Waals surface area contributed by atoms with Crippen LogP contribution in [0.3, 0.4) is 0 Å². The molecule has 0 bridgehead atoms. The summed E-state index contributed by atoms with van der Waals surface area (Å²) in [6.07, 6.45) is 11.7. The van der Waals surface area contributed by atoms with Crippen LogP contribution in [0, 0.1) is 11.8 Å². The maximum absolute atomic E-state index is 5.95. The molecule has 0 radical (unpaired) electrons. The van der Waals surface area contributed by atoms with Gasteiger partial charge in [-0.3, -0.25) is 0 Å². The highest BCUT2D eigenvalue weighted by atomic mass is 16.5. The molecule has 102 valence electrons. The second-order valence-corrected chi connectivity index (χ2v) is 4.47. The highest BCUT2D eigenvalue weighted by molar-refractivity contribution is 5.08. The van der Waals surface area contributed by atoms with Crippen LogP contribution in [0.5, 0.6) is 0 Å². The van der Waals surface area contributed by atoms with Crippen LogP contribution in [0.2, 0.25) is 0 Å². The van der Waals surface area contributed by atoms with Crippen molar-refractivity contribution >= 4 is 0 Å². The van der Waals surface area contributed by atoms with Gasteiger partial charge in [0.25, 0.3) is 0 Å². The summed E-state index contributed by atoms with van der Waals surface area (Å²) in [7, 11) is 0. The van der Waals surface area contributed by atoms with Gasteiger partial charge in [0, 0.05) is 6.42 Å². The van der Waals surface area contributed by atoms with E-state index in [1.165, 1.54) is 25.7 Å². The van der Waals surface area contributed by atoms with E-state index in [4.69, 9.17) is 4.74 Å². The van der Waals surface area contributed by atoms with Gasteiger partial charge in [-0.25, -0.2) is 0 Å². The summed E-state index contributed by atoms with van der Waals surface area (Å²) in [5, 5.41) is 0. The maximum atomic E-state index is 5.95. The molecule has 0 N–H and O–H groups in total. The Balaban J connectivity index is 4.03. The number of rotatable bonds is 10. The summed E-state index contributed by atoms with van der Waals surface area (Å²) >= 11 is 0. The monoisotopic (exact) mass is 248 g/mol. The highest BCUT2D eigenvalue weighted by Gasteiger charge is 2.10. The number of unbranched alkanes of at least 4 members (excludes halogenated alkanes) is 3. The van der Waals surface area contributed by atoms with Crippen LogP contribution in [0.25, 0.3) is 0 Å². The van der Waals surface area contributed by atoms with E-state index in [2.05, 4.69) is 38.8 Å². The maximum Gasteiger partial charge on any atom is 0.118 e. The molecule has 1 heteroatoms. The van der Waals surface area contributed by atoms with Gasteiger partial charge in [0.15, 0.2) is 0 Å². The van der Waals surface area contributed by atoms with Crippen molar-refractivity contribution in [2.24, 2.45) is 0 Å². The Morgan fingerprint density at radius 1 is 1.17 bits per heavy atom. The van der Waals surface area contributed by atoms with Gasteiger partial charge in [0.05, 0.1) is 6.10 Å². The fraction of sp³-hybridized carbons (Fsp3) is 0.647. The van der Waals surface area contributed by atoms with Gasteiger partial charge >= 0.3 is 0 Å². The molecule has 0 rings (SSSR count). The van der Waals surface area contributed by atoms with Crippen LogP contribution in [0.15, 0.2) is 25.3 Å². The molecule has 0 aromatic rings. The normalized spacial score (nSPS) is 13.2. The quantitative estimate of drug-likeness (QED) is 0.304. The van der Waals surface area contributed by atoms with E-state index in [0.717, 1.165) is 19.3 Å². The minimum atomic E-state index is 0.0270. The zero-order valence-corrected chi connectivity index (χ0v) is 12.1. The highest BCUT2D eigenvalue weighted by Crippen LogP contribution is 2.12. The first kappa shape index (κ1) is 17.0. The van der Waals surface area contributed by atoms with E-state index in [1.54, 1.807) is 0 Å². The summed E-state index contributed by atoms with van der Waals surface area (Å²) in [6.45, 7) is 11.8. The van der Waals surface area contributed by atoms with Crippen molar-refractivity contribution in [1.82, 2.24) is 0 Å². The Hall–Kier alpha value is -1.00. The van der Waals surface area contributed by atoms with Crippen molar-refractivity contribution in [3.8, 4) is 11.8 Å². The Bertz CT molecular complexity index is 269. The third kappa shape index (κ3) is 9.07. The first-order valence-electron chi connectivity index (χ1n) is 7.15. The van der Waals surface area contributed by atoms with Crippen molar-refractivity contribution in [3.63, 3.8) is 0 Å². The lowest BCUT2D eigenvalue weighted by molar-refractivity contribution is 0.0390. The molecule has 0 aliphatic heterocycles. The van der Waals surface area contributed by atoms with E-state index >= 15 is 0 Å². The average Bonchev–Trinajstić information content (AvgIpc) is 2.40. The molecule has 0 aliphatic carbocycles. The third-order valence-corrected chi connectivity index (χ3v) is 2.82. The predicted octanol–water partition coefficient (Wildman–Crippen LogP) is 4.89. The zero-order chi connectivity index (χ0) is 13.6. The lowest BCUT2D eigenvalue weighted by Gasteiger charge is -2.18. The molecule has 18 heavy (non-hydrogen) atoms. The van der Waals surface area contributed by atoms with Crippen LogP contribution in [-0.2, 0) is 4.74 Å². The van der Waals surface area contributed by atoms with Gasteiger partial charge in [-0.2, -0.15) is 0 Å². The summed E-state index contributed by atoms with van der Waals surface area (Å²) in [5.74, 6) is 6.21. The molecule has 0 aromatic heterocycles. The smallest absolute Gasteiger partial charge is 0.118 e.